The molecule has 1 aromatic rings. The number of benzene rings is 1. The van der Waals surface area contributed by atoms with E-state index in [4.69, 9.17) is 4.74 Å². The van der Waals surface area contributed by atoms with E-state index < -0.39 is 11.8 Å². The van der Waals surface area contributed by atoms with Crippen LogP contribution in [0.1, 0.15) is 36.8 Å². The number of likely N-dealkylation sites (tertiary alicyclic amines) is 1. The van der Waals surface area contributed by atoms with Crippen molar-refractivity contribution in [1.29, 1.82) is 0 Å². The number of nitrogens with zero attached hydrogens (tertiary/aromatic N) is 1. The highest BCUT2D eigenvalue weighted by Gasteiger charge is 2.19. The minimum atomic E-state index is -0.463. The van der Waals surface area contributed by atoms with Crippen molar-refractivity contribution in [2.45, 2.75) is 39.5 Å². The monoisotopic (exact) mass is 347 g/mol. The van der Waals surface area contributed by atoms with Crippen molar-refractivity contribution in [3.63, 3.8) is 0 Å². The first-order chi connectivity index (χ1) is 11.9. The van der Waals surface area contributed by atoms with Crippen molar-refractivity contribution >= 4 is 17.7 Å². The number of hydrogen-bond acceptors (Lipinski definition) is 4. The summed E-state index contributed by atoms with van der Waals surface area (Å²) in [4.78, 5) is 37.0. The van der Waals surface area contributed by atoms with Crippen LogP contribution in [-0.4, -0.2) is 42.3 Å². The third-order valence-electron chi connectivity index (χ3n) is 3.91. The van der Waals surface area contributed by atoms with Crippen molar-refractivity contribution in [2.75, 3.05) is 19.7 Å². The second-order valence-corrected chi connectivity index (χ2v) is 6.33. The number of carbonyl (C=O) groups is 3. The maximum absolute atomic E-state index is 11.9. The van der Waals surface area contributed by atoms with Gasteiger partial charge in [-0.25, -0.2) is 0 Å². The van der Waals surface area contributed by atoms with E-state index in [2.05, 4.69) is 10.9 Å². The topological polar surface area (TPSA) is 87.7 Å². The summed E-state index contributed by atoms with van der Waals surface area (Å²) in [5.41, 5.74) is 6.71. The third kappa shape index (κ3) is 6.45. The van der Waals surface area contributed by atoms with E-state index >= 15 is 0 Å². The molecule has 0 saturated carbocycles. The molecule has 7 nitrogen and oxygen atoms in total. The molecule has 3 amide bonds. The Kier molecular flexibility index (Phi) is 6.80. The predicted molar refractivity (Wildman–Crippen MR) is 92.7 cm³/mol. The summed E-state index contributed by atoms with van der Waals surface area (Å²) in [6, 6.07) is 5.69. The average molecular weight is 347 g/mol. The Morgan fingerprint density at radius 3 is 2.44 bits per heavy atom. The fourth-order valence-corrected chi connectivity index (χ4v) is 2.76. The Morgan fingerprint density at radius 2 is 1.72 bits per heavy atom. The van der Waals surface area contributed by atoms with Gasteiger partial charge in [-0.15, -0.1) is 0 Å². The summed E-state index contributed by atoms with van der Waals surface area (Å²) < 4.78 is 5.42. The Morgan fingerprint density at radius 1 is 1.04 bits per heavy atom. The number of hydrazine groups is 1. The number of hydrogen-bond donors (Lipinski definition) is 2. The summed E-state index contributed by atoms with van der Waals surface area (Å²) >= 11 is 0. The molecule has 0 spiro atoms. The van der Waals surface area contributed by atoms with Crippen LogP contribution in [0.25, 0.3) is 0 Å². The minimum Gasteiger partial charge on any atom is -0.484 e. The summed E-state index contributed by atoms with van der Waals surface area (Å²) in [6.45, 7) is 4.23. The largest absolute Gasteiger partial charge is 0.484 e. The Hall–Kier alpha value is -2.57. The highest BCUT2D eigenvalue weighted by atomic mass is 16.5. The zero-order valence-corrected chi connectivity index (χ0v) is 14.8. The van der Waals surface area contributed by atoms with Crippen LogP contribution in [0.5, 0.6) is 5.75 Å². The lowest BCUT2D eigenvalue weighted by atomic mass is 10.1. The zero-order valence-electron chi connectivity index (χ0n) is 14.8. The Labute approximate surface area is 147 Å². The molecule has 1 aliphatic heterocycles. The second kappa shape index (κ2) is 9.05. The van der Waals surface area contributed by atoms with Gasteiger partial charge in [-0.2, -0.15) is 0 Å². The van der Waals surface area contributed by atoms with E-state index in [1.165, 1.54) is 4.90 Å². The molecule has 1 saturated heterocycles. The summed E-state index contributed by atoms with van der Waals surface area (Å²) in [5.74, 6) is -0.295. The molecule has 2 N–H and O–H groups in total. The third-order valence-corrected chi connectivity index (χ3v) is 3.91. The first kappa shape index (κ1) is 18.8. The summed E-state index contributed by atoms with van der Waals surface area (Å²) in [5, 5.41) is 0. The summed E-state index contributed by atoms with van der Waals surface area (Å²) in [6.07, 6.45) is 3.23. The molecular formula is C18H25N3O4. The smallest absolute Gasteiger partial charge is 0.276 e. The number of aryl methyl sites for hydroxylation is 2. The Bertz CT molecular complexity index is 625. The molecule has 136 valence electrons. The SMILES string of the molecule is Cc1cc(C)cc(OCC(=O)NNC(=O)CN2CCCCCC2=O)c1. The molecule has 0 atom stereocenters. The quantitative estimate of drug-likeness (QED) is 0.784. The maximum atomic E-state index is 11.9. The fraction of sp³-hybridized carbons (Fsp3) is 0.500. The molecule has 1 aliphatic rings. The van der Waals surface area contributed by atoms with E-state index in [9.17, 15) is 14.4 Å². The first-order valence-electron chi connectivity index (χ1n) is 8.50. The van der Waals surface area contributed by atoms with Crippen molar-refractivity contribution in [3.05, 3.63) is 29.3 Å². The fourth-order valence-electron chi connectivity index (χ4n) is 2.76. The van der Waals surface area contributed by atoms with Crippen molar-refractivity contribution < 1.29 is 19.1 Å². The first-order valence-corrected chi connectivity index (χ1v) is 8.50. The van der Waals surface area contributed by atoms with Crippen LogP contribution in [0.15, 0.2) is 18.2 Å². The van der Waals surface area contributed by atoms with Crippen LogP contribution in [-0.2, 0) is 14.4 Å². The van der Waals surface area contributed by atoms with Crippen LogP contribution in [0, 0.1) is 13.8 Å². The predicted octanol–water partition coefficient (Wildman–Crippen LogP) is 1.23. The van der Waals surface area contributed by atoms with E-state index in [0.29, 0.717) is 18.7 Å². The average Bonchev–Trinajstić information content (AvgIpc) is 2.75. The molecule has 1 heterocycles. The van der Waals surface area contributed by atoms with Crippen LogP contribution in [0.3, 0.4) is 0 Å². The van der Waals surface area contributed by atoms with E-state index in [0.717, 1.165) is 30.4 Å². The summed E-state index contributed by atoms with van der Waals surface area (Å²) in [7, 11) is 0. The van der Waals surface area contributed by atoms with E-state index in [1.807, 2.05) is 32.0 Å². The molecular weight excluding hydrogens is 322 g/mol. The lowest BCUT2D eigenvalue weighted by molar-refractivity contribution is -0.136. The number of ether oxygens (including phenoxy) is 1. The van der Waals surface area contributed by atoms with Crippen LogP contribution >= 0.6 is 0 Å². The van der Waals surface area contributed by atoms with E-state index in [-0.39, 0.29) is 19.1 Å². The maximum Gasteiger partial charge on any atom is 0.276 e. The van der Waals surface area contributed by atoms with Gasteiger partial charge in [-0.1, -0.05) is 12.5 Å². The number of rotatable bonds is 5. The van der Waals surface area contributed by atoms with Crippen LogP contribution in [0.4, 0.5) is 0 Å². The highest BCUT2D eigenvalue weighted by molar-refractivity contribution is 5.87. The van der Waals surface area contributed by atoms with Gasteiger partial charge in [0.1, 0.15) is 12.3 Å². The molecule has 0 unspecified atom stereocenters. The van der Waals surface area contributed by atoms with Gasteiger partial charge in [0.2, 0.25) is 5.91 Å². The molecule has 1 aromatic carbocycles. The lowest BCUT2D eigenvalue weighted by Crippen LogP contribution is -2.48. The highest BCUT2D eigenvalue weighted by Crippen LogP contribution is 2.15. The normalized spacial score (nSPS) is 14.6. The molecule has 2 rings (SSSR count). The van der Waals surface area contributed by atoms with Gasteiger partial charge in [0.25, 0.3) is 11.8 Å². The lowest BCUT2D eigenvalue weighted by Gasteiger charge is -2.19. The zero-order chi connectivity index (χ0) is 18.2. The molecule has 7 heteroatoms. The van der Waals surface area contributed by atoms with Crippen LogP contribution < -0.4 is 15.6 Å². The van der Waals surface area contributed by atoms with Gasteiger partial charge >= 0.3 is 0 Å². The van der Waals surface area contributed by atoms with Crippen LogP contribution in [0.2, 0.25) is 0 Å². The van der Waals surface area contributed by atoms with Gasteiger partial charge in [0.05, 0.1) is 0 Å². The van der Waals surface area contributed by atoms with Crippen molar-refractivity contribution in [1.82, 2.24) is 15.8 Å². The second-order valence-electron chi connectivity index (χ2n) is 6.33. The van der Waals surface area contributed by atoms with Gasteiger partial charge in [-0.3, -0.25) is 25.2 Å². The molecule has 0 bridgehead atoms. The van der Waals surface area contributed by atoms with Gasteiger partial charge in [-0.05, 0) is 49.9 Å². The number of carbonyl (C=O) groups excluding carboxylic acids is 3. The standard InChI is InChI=1S/C18H25N3O4/c1-13-8-14(2)10-15(9-13)25-12-17(23)20-19-16(22)11-21-7-5-3-4-6-18(21)24/h8-10H,3-7,11-12H2,1-2H3,(H,19,22)(H,20,23). The van der Waals surface area contributed by atoms with E-state index in [1.54, 1.807) is 0 Å². The van der Waals surface area contributed by atoms with Gasteiger partial charge < -0.3 is 9.64 Å². The van der Waals surface area contributed by atoms with Gasteiger partial charge in [0.15, 0.2) is 6.61 Å². The molecule has 0 radical (unpaired) electrons. The Balaban J connectivity index is 1.71. The molecule has 0 aliphatic carbocycles. The number of nitrogens with one attached hydrogen (secondary N) is 2. The van der Waals surface area contributed by atoms with Crippen molar-refractivity contribution in [3.8, 4) is 5.75 Å². The molecule has 1 fully saturated rings. The number of amides is 3. The molecule has 25 heavy (non-hydrogen) atoms. The minimum absolute atomic E-state index is 0.0165. The van der Waals surface area contributed by atoms with Crippen molar-refractivity contribution in [2.24, 2.45) is 0 Å². The van der Waals surface area contributed by atoms with Gasteiger partial charge in [0, 0.05) is 13.0 Å². The molecule has 0 aromatic heterocycles.